The predicted molar refractivity (Wildman–Crippen MR) is 133 cm³/mol. The highest BCUT2D eigenvalue weighted by Gasteiger charge is 2.11. The molecule has 7 heteroatoms. The number of carbonyl (C=O) groups excluding carboxylic acids is 1. The zero-order valence-electron chi connectivity index (χ0n) is 17.7. The highest BCUT2D eigenvalue weighted by Crippen LogP contribution is 2.27. The van der Waals surface area contributed by atoms with Gasteiger partial charge in [-0.2, -0.15) is 5.10 Å². The molecule has 0 fully saturated rings. The fourth-order valence-corrected chi connectivity index (χ4v) is 4.00. The van der Waals surface area contributed by atoms with Crippen LogP contribution < -0.4 is 10.7 Å². The SMILES string of the molecule is Cc1cc(/C=N\NC(=O)CNc2cccc3ccccc23)c(C)n1-c1ccc(Cl)c(Cl)c1. The van der Waals surface area contributed by atoms with Crippen LogP contribution in [0.4, 0.5) is 5.69 Å². The lowest BCUT2D eigenvalue weighted by molar-refractivity contribution is -0.119. The van der Waals surface area contributed by atoms with E-state index in [0.29, 0.717) is 10.0 Å². The first-order chi connectivity index (χ1) is 15.4. The van der Waals surface area contributed by atoms with Crippen LogP contribution in [0.1, 0.15) is 17.0 Å². The summed E-state index contributed by atoms with van der Waals surface area (Å²) in [7, 11) is 0. The molecule has 0 aliphatic carbocycles. The van der Waals surface area contributed by atoms with Crippen LogP contribution in [0.5, 0.6) is 0 Å². The van der Waals surface area contributed by atoms with E-state index in [4.69, 9.17) is 23.2 Å². The molecule has 0 aliphatic rings. The standard InChI is InChI=1S/C25H22Cl2N4O/c1-16-12-19(17(2)31(16)20-10-11-22(26)23(27)13-20)14-29-30-25(32)15-28-24-9-5-7-18-6-3-4-8-21(18)24/h3-14,28H,15H2,1-2H3,(H,30,32)/b29-14-. The number of hydrogen-bond donors (Lipinski definition) is 2. The number of halogens is 2. The third-order valence-electron chi connectivity index (χ3n) is 5.25. The summed E-state index contributed by atoms with van der Waals surface area (Å²) in [6.07, 6.45) is 1.65. The van der Waals surface area contributed by atoms with Crippen molar-refractivity contribution in [3.05, 3.63) is 93.7 Å². The molecule has 0 saturated carbocycles. The minimum Gasteiger partial charge on any atom is -0.376 e. The van der Waals surface area contributed by atoms with Crippen LogP contribution in [0.3, 0.4) is 0 Å². The Hall–Kier alpha value is -3.28. The first kappa shape index (κ1) is 21.9. The van der Waals surface area contributed by atoms with Crippen molar-refractivity contribution in [2.75, 3.05) is 11.9 Å². The molecule has 162 valence electrons. The smallest absolute Gasteiger partial charge is 0.259 e. The van der Waals surface area contributed by atoms with E-state index in [0.717, 1.165) is 39.1 Å². The van der Waals surface area contributed by atoms with Crippen LogP contribution in [0.2, 0.25) is 10.0 Å². The van der Waals surface area contributed by atoms with Crippen molar-refractivity contribution in [3.63, 3.8) is 0 Å². The maximum atomic E-state index is 12.3. The monoisotopic (exact) mass is 464 g/mol. The lowest BCUT2D eigenvalue weighted by Gasteiger charge is -2.10. The van der Waals surface area contributed by atoms with Gasteiger partial charge in [0.15, 0.2) is 0 Å². The zero-order valence-corrected chi connectivity index (χ0v) is 19.2. The average molecular weight is 465 g/mol. The molecule has 1 heterocycles. The van der Waals surface area contributed by atoms with Crippen molar-refractivity contribution in [2.24, 2.45) is 5.10 Å². The molecule has 32 heavy (non-hydrogen) atoms. The second kappa shape index (κ2) is 9.47. The lowest BCUT2D eigenvalue weighted by Crippen LogP contribution is -2.25. The molecule has 4 aromatic rings. The summed E-state index contributed by atoms with van der Waals surface area (Å²) in [5.74, 6) is -0.229. The van der Waals surface area contributed by atoms with Crippen LogP contribution >= 0.6 is 23.2 Å². The summed E-state index contributed by atoms with van der Waals surface area (Å²) in [4.78, 5) is 12.3. The Bertz CT molecular complexity index is 1320. The van der Waals surface area contributed by atoms with E-state index in [-0.39, 0.29) is 12.5 Å². The minimum atomic E-state index is -0.229. The maximum absolute atomic E-state index is 12.3. The van der Waals surface area contributed by atoms with E-state index in [1.165, 1.54) is 0 Å². The third-order valence-corrected chi connectivity index (χ3v) is 5.99. The Morgan fingerprint density at radius 3 is 2.59 bits per heavy atom. The second-order valence-corrected chi connectivity index (χ2v) is 8.25. The number of rotatable bonds is 6. The van der Waals surface area contributed by atoms with Gasteiger partial charge in [-0.15, -0.1) is 0 Å². The number of amides is 1. The molecule has 0 saturated heterocycles. The van der Waals surface area contributed by atoms with Gasteiger partial charge in [-0.1, -0.05) is 59.6 Å². The van der Waals surface area contributed by atoms with Gasteiger partial charge in [0.25, 0.3) is 5.91 Å². The molecular weight excluding hydrogens is 443 g/mol. The van der Waals surface area contributed by atoms with E-state index in [2.05, 4.69) is 20.4 Å². The summed E-state index contributed by atoms with van der Waals surface area (Å²) < 4.78 is 2.06. The summed E-state index contributed by atoms with van der Waals surface area (Å²) in [6.45, 7) is 4.11. The third kappa shape index (κ3) is 4.64. The first-order valence-electron chi connectivity index (χ1n) is 10.1. The van der Waals surface area contributed by atoms with Gasteiger partial charge in [0.05, 0.1) is 22.8 Å². The van der Waals surface area contributed by atoms with E-state index >= 15 is 0 Å². The van der Waals surface area contributed by atoms with Gasteiger partial charge in [-0.25, -0.2) is 5.43 Å². The topological polar surface area (TPSA) is 58.4 Å². The fourth-order valence-electron chi connectivity index (χ4n) is 3.71. The zero-order chi connectivity index (χ0) is 22.7. The van der Waals surface area contributed by atoms with Crippen LogP contribution in [0.25, 0.3) is 16.5 Å². The number of aromatic nitrogens is 1. The van der Waals surface area contributed by atoms with Crippen LogP contribution in [0, 0.1) is 13.8 Å². The van der Waals surface area contributed by atoms with Gasteiger partial charge >= 0.3 is 0 Å². The normalized spacial score (nSPS) is 11.2. The molecular formula is C25H22Cl2N4O. The molecule has 0 radical (unpaired) electrons. The molecule has 5 nitrogen and oxygen atoms in total. The maximum Gasteiger partial charge on any atom is 0.259 e. The van der Waals surface area contributed by atoms with Crippen LogP contribution in [-0.2, 0) is 4.79 Å². The molecule has 2 N–H and O–H groups in total. The van der Waals surface area contributed by atoms with E-state index in [9.17, 15) is 4.79 Å². The Balaban J connectivity index is 1.41. The Labute approximate surface area is 196 Å². The molecule has 1 aromatic heterocycles. The number of aryl methyl sites for hydroxylation is 1. The molecule has 0 unspecified atom stereocenters. The first-order valence-corrected chi connectivity index (χ1v) is 10.9. The van der Waals surface area contributed by atoms with Crippen molar-refractivity contribution in [1.82, 2.24) is 9.99 Å². The van der Waals surface area contributed by atoms with Crippen molar-refractivity contribution in [3.8, 4) is 5.69 Å². The van der Waals surface area contributed by atoms with E-state index in [1.807, 2.05) is 74.5 Å². The fraction of sp³-hybridized carbons (Fsp3) is 0.120. The van der Waals surface area contributed by atoms with Gasteiger partial charge in [0.2, 0.25) is 0 Å². The highest BCUT2D eigenvalue weighted by atomic mass is 35.5. The molecule has 0 aliphatic heterocycles. The molecule has 0 atom stereocenters. The Morgan fingerprint density at radius 1 is 1.00 bits per heavy atom. The summed E-state index contributed by atoms with van der Waals surface area (Å²) in [5, 5.41) is 10.5. The van der Waals surface area contributed by atoms with Gasteiger partial charge in [0, 0.05) is 33.7 Å². The average Bonchev–Trinajstić information content (AvgIpc) is 3.07. The largest absolute Gasteiger partial charge is 0.376 e. The van der Waals surface area contributed by atoms with Crippen LogP contribution in [0.15, 0.2) is 71.8 Å². The van der Waals surface area contributed by atoms with Gasteiger partial charge in [-0.3, -0.25) is 4.79 Å². The molecule has 0 bridgehead atoms. The van der Waals surface area contributed by atoms with Gasteiger partial charge in [0.1, 0.15) is 0 Å². The van der Waals surface area contributed by atoms with E-state index in [1.54, 1.807) is 12.3 Å². The number of benzene rings is 3. The predicted octanol–water partition coefficient (Wildman–Crippen LogP) is 6.12. The number of hydrazone groups is 1. The summed E-state index contributed by atoms with van der Waals surface area (Å²) in [5.41, 5.74) is 7.30. The van der Waals surface area contributed by atoms with Crippen LogP contribution in [-0.4, -0.2) is 23.2 Å². The van der Waals surface area contributed by atoms with Crippen molar-refractivity contribution >= 4 is 51.8 Å². The van der Waals surface area contributed by atoms with Gasteiger partial charge in [-0.05, 0) is 49.6 Å². The van der Waals surface area contributed by atoms with Gasteiger partial charge < -0.3 is 9.88 Å². The van der Waals surface area contributed by atoms with Crippen molar-refractivity contribution in [1.29, 1.82) is 0 Å². The molecule has 4 rings (SSSR count). The minimum absolute atomic E-state index is 0.119. The summed E-state index contributed by atoms with van der Waals surface area (Å²) >= 11 is 12.2. The molecule has 0 spiro atoms. The molecule has 1 amide bonds. The Kier molecular flexibility index (Phi) is 6.49. The second-order valence-electron chi connectivity index (χ2n) is 7.43. The number of fused-ring (bicyclic) bond motifs is 1. The Morgan fingerprint density at radius 2 is 1.78 bits per heavy atom. The van der Waals surface area contributed by atoms with Crippen molar-refractivity contribution < 1.29 is 4.79 Å². The number of hydrogen-bond acceptors (Lipinski definition) is 3. The summed E-state index contributed by atoms with van der Waals surface area (Å²) in [6, 6.07) is 21.5. The number of carbonyl (C=O) groups is 1. The quantitative estimate of drug-likeness (QED) is 0.266. The van der Waals surface area contributed by atoms with Crippen molar-refractivity contribution in [2.45, 2.75) is 13.8 Å². The number of nitrogens with one attached hydrogen (secondary N) is 2. The van der Waals surface area contributed by atoms with E-state index < -0.39 is 0 Å². The number of nitrogens with zero attached hydrogens (tertiary/aromatic N) is 2. The lowest BCUT2D eigenvalue weighted by atomic mass is 10.1. The molecule has 3 aromatic carbocycles. The number of anilines is 1. The highest BCUT2D eigenvalue weighted by molar-refractivity contribution is 6.42.